The highest BCUT2D eigenvalue weighted by molar-refractivity contribution is 7.99. The number of rotatable bonds is 7. The molecule has 0 radical (unpaired) electrons. The molecule has 0 aliphatic heterocycles. The Morgan fingerprint density at radius 2 is 1.55 bits per heavy atom. The number of halogens is 1. The van der Waals surface area contributed by atoms with E-state index in [0.717, 1.165) is 11.3 Å². The van der Waals surface area contributed by atoms with Crippen molar-refractivity contribution in [2.45, 2.75) is 18.5 Å². The van der Waals surface area contributed by atoms with Gasteiger partial charge in [-0.3, -0.25) is 9.59 Å². The van der Waals surface area contributed by atoms with Crippen molar-refractivity contribution in [1.29, 1.82) is 0 Å². The number of nitrogens with one attached hydrogen (secondary N) is 2. The molecule has 150 valence electrons. The Morgan fingerprint density at radius 3 is 2.21 bits per heavy atom. The van der Waals surface area contributed by atoms with Crippen molar-refractivity contribution in [3.63, 3.8) is 0 Å². The summed E-state index contributed by atoms with van der Waals surface area (Å²) in [6, 6.07) is 14.5. The Kier molecular flexibility index (Phi) is 6.90. The van der Waals surface area contributed by atoms with Crippen molar-refractivity contribution in [2.24, 2.45) is 7.05 Å². The lowest BCUT2D eigenvalue weighted by Crippen LogP contribution is -2.17. The summed E-state index contributed by atoms with van der Waals surface area (Å²) < 4.78 is 1.71. The second-order valence-electron chi connectivity index (χ2n) is 6.39. The average molecular weight is 430 g/mol. The van der Waals surface area contributed by atoms with Crippen molar-refractivity contribution < 1.29 is 9.59 Å². The van der Waals surface area contributed by atoms with Crippen LogP contribution in [0.2, 0.25) is 5.02 Å². The molecule has 0 bridgehead atoms. The zero-order valence-electron chi connectivity index (χ0n) is 16.0. The van der Waals surface area contributed by atoms with E-state index in [4.69, 9.17) is 11.6 Å². The molecule has 7 nitrogen and oxygen atoms in total. The number of anilines is 2. The van der Waals surface area contributed by atoms with Crippen LogP contribution in [0.1, 0.15) is 11.4 Å². The topological polar surface area (TPSA) is 88.9 Å². The summed E-state index contributed by atoms with van der Waals surface area (Å²) >= 11 is 7.10. The number of hydrogen-bond acceptors (Lipinski definition) is 5. The van der Waals surface area contributed by atoms with Crippen molar-refractivity contribution in [1.82, 2.24) is 14.8 Å². The average Bonchev–Trinajstić information content (AvgIpc) is 3.03. The fraction of sp³-hybridized carbons (Fsp3) is 0.200. The number of benzene rings is 2. The maximum absolute atomic E-state index is 12.2. The van der Waals surface area contributed by atoms with Crippen LogP contribution in [-0.2, 0) is 23.1 Å². The number of carbonyl (C=O) groups is 2. The van der Waals surface area contributed by atoms with Crippen LogP contribution >= 0.6 is 23.4 Å². The highest BCUT2D eigenvalue weighted by atomic mass is 35.5. The van der Waals surface area contributed by atoms with Crippen molar-refractivity contribution >= 4 is 46.6 Å². The van der Waals surface area contributed by atoms with Gasteiger partial charge in [0.05, 0.1) is 12.2 Å². The molecule has 0 fully saturated rings. The molecular weight excluding hydrogens is 410 g/mol. The fourth-order valence-corrected chi connectivity index (χ4v) is 3.33. The van der Waals surface area contributed by atoms with Crippen LogP contribution in [0.3, 0.4) is 0 Å². The predicted molar refractivity (Wildman–Crippen MR) is 115 cm³/mol. The van der Waals surface area contributed by atoms with Gasteiger partial charge >= 0.3 is 0 Å². The number of carbonyl (C=O) groups excluding carboxylic acids is 2. The van der Waals surface area contributed by atoms with E-state index in [1.165, 1.54) is 11.8 Å². The van der Waals surface area contributed by atoms with Gasteiger partial charge in [0.25, 0.3) is 0 Å². The highest BCUT2D eigenvalue weighted by Crippen LogP contribution is 2.18. The molecule has 3 aromatic rings. The van der Waals surface area contributed by atoms with Crippen LogP contribution in [0.25, 0.3) is 0 Å². The first-order chi connectivity index (χ1) is 13.9. The van der Waals surface area contributed by atoms with Crippen LogP contribution in [0.5, 0.6) is 0 Å². The van der Waals surface area contributed by atoms with Gasteiger partial charge in [-0.2, -0.15) is 0 Å². The second-order valence-corrected chi connectivity index (χ2v) is 7.77. The zero-order chi connectivity index (χ0) is 20.8. The summed E-state index contributed by atoms with van der Waals surface area (Å²) in [5.74, 6) is 0.356. The Hall–Kier alpha value is -2.84. The third kappa shape index (κ3) is 6.07. The van der Waals surface area contributed by atoms with Crippen molar-refractivity contribution in [2.75, 3.05) is 16.4 Å². The summed E-state index contributed by atoms with van der Waals surface area (Å²) in [4.78, 5) is 24.4. The molecule has 2 amide bonds. The number of hydrogen-bond donors (Lipinski definition) is 2. The minimum Gasteiger partial charge on any atom is -0.326 e. The number of aromatic nitrogens is 3. The van der Waals surface area contributed by atoms with E-state index in [1.54, 1.807) is 35.9 Å². The molecule has 0 unspecified atom stereocenters. The molecule has 1 aromatic heterocycles. The molecule has 0 aliphatic rings. The van der Waals surface area contributed by atoms with Crippen molar-refractivity contribution in [3.8, 4) is 0 Å². The van der Waals surface area contributed by atoms with Crippen LogP contribution < -0.4 is 10.6 Å². The van der Waals surface area contributed by atoms with E-state index >= 15 is 0 Å². The summed E-state index contributed by atoms with van der Waals surface area (Å²) in [6.45, 7) is 1.99. The summed E-state index contributed by atoms with van der Waals surface area (Å²) in [7, 11) is 1.77. The van der Waals surface area contributed by atoms with E-state index in [1.807, 2.05) is 31.2 Å². The first kappa shape index (κ1) is 20.9. The van der Waals surface area contributed by atoms with Gasteiger partial charge in [-0.05, 0) is 43.3 Å². The first-order valence-electron chi connectivity index (χ1n) is 8.84. The van der Waals surface area contributed by atoms with E-state index in [2.05, 4.69) is 20.8 Å². The third-order valence-corrected chi connectivity index (χ3v) is 5.31. The number of aryl methyl sites for hydroxylation is 1. The third-order valence-electron chi connectivity index (χ3n) is 4.04. The fourth-order valence-electron chi connectivity index (χ4n) is 2.47. The van der Waals surface area contributed by atoms with Gasteiger partial charge in [0, 0.05) is 23.4 Å². The quantitative estimate of drug-likeness (QED) is 0.559. The SMILES string of the molecule is Cc1ccc(NC(=O)CSc2nnc(CC(=O)Nc3ccc(Cl)cc3)n2C)cc1. The van der Waals surface area contributed by atoms with Crippen LogP contribution in [0.15, 0.2) is 53.7 Å². The van der Waals surface area contributed by atoms with Crippen molar-refractivity contribution in [3.05, 3.63) is 64.9 Å². The molecule has 1 heterocycles. The lowest BCUT2D eigenvalue weighted by Gasteiger charge is -2.07. The number of amides is 2. The Morgan fingerprint density at radius 1 is 0.966 bits per heavy atom. The van der Waals surface area contributed by atoms with Crippen LogP contribution in [-0.4, -0.2) is 32.3 Å². The largest absolute Gasteiger partial charge is 0.326 e. The molecule has 9 heteroatoms. The number of thioether (sulfide) groups is 1. The maximum Gasteiger partial charge on any atom is 0.234 e. The second kappa shape index (κ2) is 9.58. The van der Waals surface area contributed by atoms with Gasteiger partial charge in [-0.1, -0.05) is 41.1 Å². The Labute approximate surface area is 177 Å². The normalized spacial score (nSPS) is 10.6. The predicted octanol–water partition coefficient (Wildman–Crippen LogP) is 3.69. The van der Waals surface area contributed by atoms with Crippen LogP contribution in [0, 0.1) is 6.92 Å². The Bertz CT molecular complexity index is 1000. The van der Waals surface area contributed by atoms with Gasteiger partial charge in [0.1, 0.15) is 5.82 Å². The van der Waals surface area contributed by atoms with Gasteiger partial charge in [0.2, 0.25) is 11.8 Å². The lowest BCUT2D eigenvalue weighted by atomic mass is 10.2. The molecule has 0 saturated carbocycles. The summed E-state index contributed by atoms with van der Waals surface area (Å²) in [5.41, 5.74) is 2.53. The Balaban J connectivity index is 1.51. The molecular formula is C20H20ClN5O2S. The molecule has 0 atom stereocenters. The minimum absolute atomic E-state index is 0.0717. The molecule has 0 aliphatic carbocycles. The lowest BCUT2D eigenvalue weighted by molar-refractivity contribution is -0.116. The molecule has 0 spiro atoms. The molecule has 3 rings (SSSR count). The first-order valence-corrected chi connectivity index (χ1v) is 10.2. The smallest absolute Gasteiger partial charge is 0.234 e. The van der Waals surface area contributed by atoms with Gasteiger partial charge in [-0.25, -0.2) is 0 Å². The molecule has 2 aromatic carbocycles. The number of nitrogens with zero attached hydrogens (tertiary/aromatic N) is 3. The molecule has 0 saturated heterocycles. The molecule has 2 N–H and O–H groups in total. The standard InChI is InChI=1S/C20H20ClN5O2S/c1-13-3-7-15(8-4-13)23-19(28)12-29-20-25-24-17(26(20)2)11-18(27)22-16-9-5-14(21)6-10-16/h3-10H,11-12H2,1-2H3,(H,22,27)(H,23,28). The van der Waals surface area contributed by atoms with Gasteiger partial charge in [-0.15, -0.1) is 10.2 Å². The maximum atomic E-state index is 12.2. The van der Waals surface area contributed by atoms with E-state index in [0.29, 0.717) is 21.7 Å². The van der Waals surface area contributed by atoms with Gasteiger partial charge < -0.3 is 15.2 Å². The van der Waals surface area contributed by atoms with E-state index in [9.17, 15) is 9.59 Å². The van der Waals surface area contributed by atoms with Gasteiger partial charge in [0.15, 0.2) is 5.16 Å². The van der Waals surface area contributed by atoms with Crippen LogP contribution in [0.4, 0.5) is 11.4 Å². The minimum atomic E-state index is -0.212. The molecule has 29 heavy (non-hydrogen) atoms. The summed E-state index contributed by atoms with van der Waals surface area (Å²) in [5, 5.41) is 14.9. The van der Waals surface area contributed by atoms with E-state index < -0.39 is 0 Å². The zero-order valence-corrected chi connectivity index (χ0v) is 17.5. The monoisotopic (exact) mass is 429 g/mol. The van der Waals surface area contributed by atoms with E-state index in [-0.39, 0.29) is 24.0 Å². The highest BCUT2D eigenvalue weighted by Gasteiger charge is 2.14. The summed E-state index contributed by atoms with van der Waals surface area (Å²) in [6.07, 6.45) is 0.0717.